The van der Waals surface area contributed by atoms with Crippen molar-refractivity contribution in [2.24, 2.45) is 5.90 Å². The first-order valence-electron chi connectivity index (χ1n) is 3.67. The zero-order valence-corrected chi connectivity index (χ0v) is 8.14. The number of hydrogen-bond donors (Lipinski definition) is 2. The van der Waals surface area contributed by atoms with E-state index in [9.17, 15) is 4.39 Å². The van der Waals surface area contributed by atoms with Crippen molar-refractivity contribution in [1.29, 1.82) is 0 Å². The van der Waals surface area contributed by atoms with Gasteiger partial charge in [0.25, 0.3) is 0 Å². The topological polar surface area (TPSA) is 64.7 Å². The molecule has 0 saturated heterocycles. The number of benzene rings is 1. The van der Waals surface area contributed by atoms with Crippen molar-refractivity contribution in [1.82, 2.24) is 0 Å². The van der Waals surface area contributed by atoms with Gasteiger partial charge in [-0.15, -0.1) is 0 Å². The van der Waals surface area contributed by atoms with Gasteiger partial charge in [-0.1, -0.05) is 11.6 Å². The van der Waals surface area contributed by atoms with Crippen LogP contribution in [-0.2, 0) is 11.4 Å². The van der Waals surface area contributed by atoms with Gasteiger partial charge in [-0.25, -0.2) is 5.90 Å². The van der Waals surface area contributed by atoms with E-state index in [0.29, 0.717) is 5.56 Å². The van der Waals surface area contributed by atoms with E-state index in [1.54, 1.807) is 0 Å². The van der Waals surface area contributed by atoms with Gasteiger partial charge >= 0.3 is 0 Å². The molecule has 78 valence electrons. The first kappa shape index (κ1) is 11.0. The van der Waals surface area contributed by atoms with Crippen LogP contribution in [0.15, 0.2) is 6.07 Å². The molecule has 0 amide bonds. The Labute approximate surface area is 84.9 Å². The Morgan fingerprint density at radius 2 is 2.29 bits per heavy atom. The third-order valence-corrected chi connectivity index (χ3v) is 1.96. The summed E-state index contributed by atoms with van der Waals surface area (Å²) in [5.41, 5.74) is 0.329. The highest BCUT2D eigenvalue weighted by Gasteiger charge is 2.17. The fourth-order valence-electron chi connectivity index (χ4n) is 1.06. The van der Waals surface area contributed by atoms with Gasteiger partial charge in [0.15, 0.2) is 11.5 Å². The number of halogens is 2. The molecule has 4 nitrogen and oxygen atoms in total. The Bertz CT molecular complexity index is 346. The van der Waals surface area contributed by atoms with Gasteiger partial charge in [0.1, 0.15) is 0 Å². The first-order valence-corrected chi connectivity index (χ1v) is 4.05. The minimum atomic E-state index is -0.924. The highest BCUT2D eigenvalue weighted by molar-refractivity contribution is 6.32. The molecule has 0 aliphatic heterocycles. The minimum absolute atomic E-state index is 0.0555. The van der Waals surface area contributed by atoms with Crippen molar-refractivity contribution in [3.05, 3.63) is 22.5 Å². The molecule has 0 radical (unpaired) electrons. The quantitative estimate of drug-likeness (QED) is 0.761. The van der Waals surface area contributed by atoms with E-state index in [2.05, 4.69) is 4.84 Å². The first-order chi connectivity index (χ1) is 6.61. The van der Waals surface area contributed by atoms with Gasteiger partial charge in [0.2, 0.25) is 5.82 Å². The molecule has 0 spiro atoms. The van der Waals surface area contributed by atoms with Crippen LogP contribution in [0, 0.1) is 5.82 Å². The van der Waals surface area contributed by atoms with Gasteiger partial charge in [-0.05, 0) is 6.07 Å². The Morgan fingerprint density at radius 1 is 1.64 bits per heavy atom. The molecule has 0 aliphatic carbocycles. The highest BCUT2D eigenvalue weighted by Crippen LogP contribution is 2.36. The molecule has 1 aromatic carbocycles. The normalized spacial score (nSPS) is 10.3. The fourth-order valence-corrected chi connectivity index (χ4v) is 1.27. The second kappa shape index (κ2) is 4.45. The third-order valence-electron chi connectivity index (χ3n) is 1.67. The van der Waals surface area contributed by atoms with Gasteiger partial charge in [-0.3, -0.25) is 4.84 Å². The average Bonchev–Trinajstić information content (AvgIpc) is 2.16. The highest BCUT2D eigenvalue weighted by atomic mass is 35.5. The van der Waals surface area contributed by atoms with E-state index in [4.69, 9.17) is 27.3 Å². The SMILES string of the molecule is COc1c(CON)cc(Cl)c(O)c1F. The summed E-state index contributed by atoms with van der Waals surface area (Å²) >= 11 is 5.54. The number of hydrogen-bond acceptors (Lipinski definition) is 4. The van der Waals surface area contributed by atoms with Crippen LogP contribution >= 0.6 is 11.6 Å². The van der Waals surface area contributed by atoms with E-state index in [0.717, 1.165) is 0 Å². The van der Waals surface area contributed by atoms with Crippen LogP contribution in [0.4, 0.5) is 4.39 Å². The molecule has 3 N–H and O–H groups in total. The van der Waals surface area contributed by atoms with E-state index < -0.39 is 11.6 Å². The molecule has 0 saturated carbocycles. The number of phenols is 1. The molecule has 0 atom stereocenters. The number of nitrogens with two attached hydrogens (primary N) is 1. The van der Waals surface area contributed by atoms with Gasteiger partial charge in [-0.2, -0.15) is 4.39 Å². The molecule has 0 unspecified atom stereocenters. The number of aromatic hydroxyl groups is 1. The summed E-state index contributed by atoms with van der Waals surface area (Å²) in [5, 5.41) is 9.04. The van der Waals surface area contributed by atoms with Gasteiger partial charge in [0, 0.05) is 5.56 Å². The van der Waals surface area contributed by atoms with Crippen molar-refractivity contribution in [2.75, 3.05) is 7.11 Å². The lowest BCUT2D eigenvalue weighted by Crippen LogP contribution is -2.03. The van der Waals surface area contributed by atoms with Crippen molar-refractivity contribution in [3.8, 4) is 11.5 Å². The monoisotopic (exact) mass is 221 g/mol. The summed E-state index contributed by atoms with van der Waals surface area (Å²) in [6.45, 7) is -0.0555. The largest absolute Gasteiger partial charge is 0.504 e. The summed E-state index contributed by atoms with van der Waals surface area (Å²) < 4.78 is 18.0. The Balaban J connectivity index is 3.28. The molecular weight excluding hydrogens is 213 g/mol. The second-order valence-corrected chi connectivity index (χ2v) is 2.93. The summed E-state index contributed by atoms with van der Waals surface area (Å²) in [5.74, 6) is 3.14. The smallest absolute Gasteiger partial charge is 0.208 e. The molecule has 1 rings (SSSR count). The summed E-state index contributed by atoms with van der Waals surface area (Å²) in [6.07, 6.45) is 0. The van der Waals surface area contributed by atoms with Crippen LogP contribution in [0.2, 0.25) is 5.02 Å². The third kappa shape index (κ3) is 1.89. The zero-order chi connectivity index (χ0) is 10.7. The maximum Gasteiger partial charge on any atom is 0.208 e. The Morgan fingerprint density at radius 3 is 2.79 bits per heavy atom. The fraction of sp³-hybridized carbons (Fsp3) is 0.250. The standard InChI is InChI=1S/C8H9ClFNO3/c1-13-8-4(3-14-11)2-5(9)7(12)6(8)10/h2,12H,3,11H2,1H3. The van der Waals surface area contributed by atoms with E-state index in [-0.39, 0.29) is 17.4 Å². The predicted molar refractivity (Wildman–Crippen MR) is 48.6 cm³/mol. The number of methoxy groups -OCH3 is 1. The summed E-state index contributed by atoms with van der Waals surface area (Å²) in [6, 6.07) is 1.33. The van der Waals surface area contributed by atoms with Crippen LogP contribution in [0.5, 0.6) is 11.5 Å². The Hall–Kier alpha value is -1.04. The second-order valence-electron chi connectivity index (χ2n) is 2.52. The lowest BCUT2D eigenvalue weighted by Gasteiger charge is -2.10. The molecule has 0 heterocycles. The lowest BCUT2D eigenvalue weighted by atomic mass is 10.2. The molecule has 0 fully saturated rings. The number of rotatable bonds is 3. The number of phenolic OH excluding ortho intramolecular Hbond substituents is 1. The van der Waals surface area contributed by atoms with Crippen LogP contribution in [0.1, 0.15) is 5.56 Å². The molecule has 0 aromatic heterocycles. The zero-order valence-electron chi connectivity index (χ0n) is 7.38. The lowest BCUT2D eigenvalue weighted by molar-refractivity contribution is 0.121. The van der Waals surface area contributed by atoms with E-state index in [1.807, 2.05) is 0 Å². The molecular formula is C8H9ClFNO3. The van der Waals surface area contributed by atoms with Crippen LogP contribution in [-0.4, -0.2) is 12.2 Å². The van der Waals surface area contributed by atoms with Crippen LogP contribution in [0.25, 0.3) is 0 Å². The minimum Gasteiger partial charge on any atom is -0.504 e. The molecule has 1 aromatic rings. The van der Waals surface area contributed by atoms with Crippen molar-refractivity contribution in [3.63, 3.8) is 0 Å². The van der Waals surface area contributed by atoms with Gasteiger partial charge < -0.3 is 9.84 Å². The molecule has 14 heavy (non-hydrogen) atoms. The van der Waals surface area contributed by atoms with Crippen molar-refractivity contribution < 1.29 is 19.1 Å². The molecule has 6 heteroatoms. The predicted octanol–water partition coefficient (Wildman–Crippen LogP) is 1.58. The molecule has 0 bridgehead atoms. The van der Waals surface area contributed by atoms with Gasteiger partial charge in [0.05, 0.1) is 18.7 Å². The maximum atomic E-state index is 13.3. The summed E-state index contributed by atoms with van der Waals surface area (Å²) in [7, 11) is 1.27. The summed E-state index contributed by atoms with van der Waals surface area (Å²) in [4.78, 5) is 4.33. The van der Waals surface area contributed by atoms with Crippen molar-refractivity contribution >= 4 is 11.6 Å². The maximum absolute atomic E-state index is 13.3. The van der Waals surface area contributed by atoms with E-state index >= 15 is 0 Å². The average molecular weight is 222 g/mol. The van der Waals surface area contributed by atoms with Crippen molar-refractivity contribution in [2.45, 2.75) is 6.61 Å². The van der Waals surface area contributed by atoms with Crippen LogP contribution < -0.4 is 10.6 Å². The van der Waals surface area contributed by atoms with Crippen LogP contribution in [0.3, 0.4) is 0 Å². The number of ether oxygens (including phenoxy) is 1. The van der Waals surface area contributed by atoms with E-state index in [1.165, 1.54) is 13.2 Å². The molecule has 0 aliphatic rings. The Kier molecular flexibility index (Phi) is 3.51.